The number of aromatic nitrogens is 1. The zero-order valence-corrected chi connectivity index (χ0v) is 49.4. The lowest BCUT2D eigenvalue weighted by atomic mass is 9.74. The van der Waals surface area contributed by atoms with Gasteiger partial charge in [-0.2, -0.15) is 0 Å². The van der Waals surface area contributed by atoms with Crippen LogP contribution in [-0.2, 0) is 71.0 Å². The molecule has 0 amide bonds. The summed E-state index contributed by atoms with van der Waals surface area (Å²) in [4.78, 5) is 58.4. The standard InChI is InChI=1S/C58H93N3O17/c1-18-42-58(12,69)49(65)33(4)45(62)31(2)27-56(10,70-16)50(78-54-47(64)41(59(13)14)24-32(3)74-54)34(5)48(35(6)53(68)76-42)77-43-28-57(11,71-17)51(36(7)75-43)72-23-22-60(15)21-19-20-37-25-38-30-73-55(8,9)61-29-40(52(66)67)46(63)39(26-37)44(38)61/h25-26,29,31-36,41-43,47-51,54,64-65,69H,18-24,27-28,30H2,1-17H3,(H,66,67)/t31-,32+,33+,34+,35-,36+,41-,42-,43+,47+,48+,49-,50-,51+,54-,56-,57-,58-/m1/s1. The number of carboxylic acids is 1. The van der Waals surface area contributed by atoms with Crippen LogP contribution in [0.25, 0.3) is 10.9 Å². The zero-order chi connectivity index (χ0) is 58.1. The topological polar surface area (TPSA) is 244 Å². The number of aliphatic hydroxyl groups is 3. The SMILES string of the molecule is CC[C@H]1OC(=O)[C@H](C)[C@@H](O[C@H]2C[C@@](C)(OC)[C@@H](OCCN(C)CCCc3cc4c5c(c3)c(=O)c(C(=O)O)cn5C(C)(C)OC4)[C@H](C)O2)[C@H](C)[C@@H](O[C@H]2O[C@@H](C)C[C@@H](N(C)C)[C@@H]2O)[C@](C)(OC)C[C@@H](C)C(=O)[C@H](C)[C@@H](O)[C@]1(C)O. The minimum Gasteiger partial charge on any atom is -0.477 e. The van der Waals surface area contributed by atoms with Crippen LogP contribution >= 0.6 is 0 Å². The smallest absolute Gasteiger partial charge is 0.341 e. The molecule has 18 atom stereocenters. The molecule has 4 aliphatic heterocycles. The van der Waals surface area contributed by atoms with Gasteiger partial charge in [-0.25, -0.2) is 4.79 Å². The minimum atomic E-state index is -2.01. The number of ketones is 1. The average molecular weight is 1100 g/mol. The summed E-state index contributed by atoms with van der Waals surface area (Å²) in [5.74, 6) is -5.93. The molecule has 0 spiro atoms. The van der Waals surface area contributed by atoms with E-state index in [4.69, 9.17) is 42.6 Å². The average Bonchev–Trinajstić information content (AvgIpc) is 3.42. The fourth-order valence-corrected chi connectivity index (χ4v) is 12.7. The monoisotopic (exact) mass is 1100 g/mol. The molecule has 6 rings (SSSR count). The number of Topliss-reactive ketones (excluding diaryl/α,β-unsaturated/α-hetero) is 1. The Morgan fingerprint density at radius 2 is 1.53 bits per heavy atom. The Hall–Kier alpha value is -3.48. The van der Waals surface area contributed by atoms with Gasteiger partial charge >= 0.3 is 11.9 Å². The summed E-state index contributed by atoms with van der Waals surface area (Å²) >= 11 is 0. The lowest BCUT2D eigenvalue weighted by Crippen LogP contribution is -2.61. The Morgan fingerprint density at radius 3 is 2.14 bits per heavy atom. The van der Waals surface area contributed by atoms with Crippen molar-refractivity contribution in [1.82, 2.24) is 14.4 Å². The zero-order valence-electron chi connectivity index (χ0n) is 49.4. The Balaban J connectivity index is 1.21. The molecule has 78 heavy (non-hydrogen) atoms. The van der Waals surface area contributed by atoms with E-state index < -0.39 is 119 Å². The molecule has 0 radical (unpaired) electrons. The van der Waals surface area contributed by atoms with E-state index in [1.807, 2.05) is 86.6 Å². The highest BCUT2D eigenvalue weighted by atomic mass is 16.7. The molecule has 5 heterocycles. The van der Waals surface area contributed by atoms with Gasteiger partial charge in [-0.3, -0.25) is 14.4 Å². The van der Waals surface area contributed by atoms with Crippen LogP contribution in [0, 0.1) is 23.7 Å². The number of nitrogens with zero attached hydrogens (tertiary/aromatic N) is 3. The number of ether oxygens (including phenoxy) is 9. The molecule has 2 aromatic rings. The van der Waals surface area contributed by atoms with E-state index in [0.717, 1.165) is 17.5 Å². The number of esters is 1. The van der Waals surface area contributed by atoms with E-state index in [9.17, 15) is 39.6 Å². The van der Waals surface area contributed by atoms with Crippen LogP contribution in [0.5, 0.6) is 0 Å². The van der Waals surface area contributed by atoms with Crippen LogP contribution in [0.3, 0.4) is 0 Å². The van der Waals surface area contributed by atoms with Crippen LogP contribution < -0.4 is 5.43 Å². The van der Waals surface area contributed by atoms with Crippen molar-refractivity contribution < 1.29 is 77.4 Å². The summed E-state index contributed by atoms with van der Waals surface area (Å²) in [7, 11) is 8.88. The maximum absolute atomic E-state index is 14.6. The summed E-state index contributed by atoms with van der Waals surface area (Å²) in [6, 6.07) is 3.53. The third kappa shape index (κ3) is 13.4. The number of carboxylic acid groups (broad SMARTS) is 1. The Kier molecular flexibility index (Phi) is 20.7. The second-order valence-electron chi connectivity index (χ2n) is 24.3. The number of aliphatic hydroxyl groups excluding tert-OH is 2. The van der Waals surface area contributed by atoms with E-state index >= 15 is 0 Å². The van der Waals surface area contributed by atoms with E-state index in [2.05, 4.69) is 4.90 Å². The highest BCUT2D eigenvalue weighted by Gasteiger charge is 2.54. The summed E-state index contributed by atoms with van der Waals surface area (Å²) < 4.78 is 60.2. The first-order valence-electron chi connectivity index (χ1n) is 28.0. The molecular weight excluding hydrogens is 1010 g/mol. The van der Waals surface area contributed by atoms with E-state index in [1.54, 1.807) is 39.4 Å². The highest BCUT2D eigenvalue weighted by Crippen LogP contribution is 2.43. The van der Waals surface area contributed by atoms with Crippen molar-refractivity contribution in [2.75, 3.05) is 55.1 Å². The first kappa shape index (κ1) is 63.7. The molecule has 4 aliphatic rings. The number of aryl methyl sites for hydroxylation is 1. The van der Waals surface area contributed by atoms with Crippen molar-refractivity contribution in [3.63, 3.8) is 0 Å². The second-order valence-corrected chi connectivity index (χ2v) is 24.3. The summed E-state index contributed by atoms with van der Waals surface area (Å²) in [5, 5.41) is 45.6. The Bertz CT molecular complexity index is 2470. The maximum Gasteiger partial charge on any atom is 0.341 e. The number of carbonyl (C=O) groups is 3. The first-order chi connectivity index (χ1) is 36.4. The molecule has 3 saturated heterocycles. The van der Waals surface area contributed by atoms with Gasteiger partial charge < -0.3 is 77.4 Å². The largest absolute Gasteiger partial charge is 0.477 e. The molecule has 3 fully saturated rings. The summed E-state index contributed by atoms with van der Waals surface area (Å²) in [6.07, 6.45) is -5.77. The summed E-state index contributed by atoms with van der Waals surface area (Å²) in [5.41, 5.74) is -3.45. The van der Waals surface area contributed by atoms with Gasteiger partial charge in [0.15, 0.2) is 12.6 Å². The first-order valence-corrected chi connectivity index (χ1v) is 28.0. The normalized spacial score (nSPS) is 38.1. The van der Waals surface area contributed by atoms with Crippen LogP contribution in [0.4, 0.5) is 0 Å². The number of benzene rings is 1. The Morgan fingerprint density at radius 1 is 0.872 bits per heavy atom. The van der Waals surface area contributed by atoms with Gasteiger partial charge in [-0.1, -0.05) is 33.8 Å². The third-order valence-electron chi connectivity index (χ3n) is 17.6. The number of carbonyl (C=O) groups excluding carboxylic acids is 2. The van der Waals surface area contributed by atoms with Crippen LogP contribution in [-0.4, -0.2) is 192 Å². The number of hydrogen-bond donors (Lipinski definition) is 4. The number of hydrogen-bond acceptors (Lipinski definition) is 18. The second kappa shape index (κ2) is 25.3. The number of methoxy groups -OCH3 is 2. The molecule has 0 bridgehead atoms. The van der Waals surface area contributed by atoms with Gasteiger partial charge in [-0.05, 0) is 127 Å². The molecule has 0 unspecified atom stereocenters. The van der Waals surface area contributed by atoms with Crippen molar-refractivity contribution in [1.29, 1.82) is 0 Å². The molecule has 0 aliphatic carbocycles. The van der Waals surface area contributed by atoms with Crippen molar-refractivity contribution in [2.45, 2.75) is 218 Å². The number of aromatic carboxylic acids is 1. The lowest BCUT2D eigenvalue weighted by molar-refractivity contribution is -0.322. The predicted octanol–water partition coefficient (Wildman–Crippen LogP) is 5.26. The van der Waals surface area contributed by atoms with Gasteiger partial charge in [0.05, 0.1) is 66.4 Å². The highest BCUT2D eigenvalue weighted by molar-refractivity contribution is 5.94. The van der Waals surface area contributed by atoms with Gasteiger partial charge in [0, 0.05) is 68.1 Å². The molecule has 20 nitrogen and oxygen atoms in total. The number of likely N-dealkylation sites (N-methyl/N-ethyl adjacent to an activating group) is 2. The molecule has 1 aromatic carbocycles. The predicted molar refractivity (Wildman–Crippen MR) is 290 cm³/mol. The van der Waals surface area contributed by atoms with Gasteiger partial charge in [0.2, 0.25) is 5.43 Å². The fourth-order valence-electron chi connectivity index (χ4n) is 12.7. The lowest BCUT2D eigenvalue weighted by Gasteiger charge is -2.50. The van der Waals surface area contributed by atoms with Crippen molar-refractivity contribution in [3.8, 4) is 0 Å². The van der Waals surface area contributed by atoms with Gasteiger partial charge in [-0.15, -0.1) is 0 Å². The molecular formula is C58H93N3O17. The van der Waals surface area contributed by atoms with Crippen molar-refractivity contribution in [2.24, 2.45) is 23.7 Å². The molecule has 442 valence electrons. The maximum atomic E-state index is 14.6. The van der Waals surface area contributed by atoms with Gasteiger partial charge in [0.1, 0.15) is 41.0 Å². The third-order valence-corrected chi connectivity index (χ3v) is 17.6. The number of cyclic esters (lactones) is 1. The van der Waals surface area contributed by atoms with Crippen LogP contribution in [0.1, 0.15) is 137 Å². The molecule has 4 N–H and O–H groups in total. The molecule has 0 saturated carbocycles. The van der Waals surface area contributed by atoms with E-state index in [-0.39, 0.29) is 42.8 Å². The molecule has 1 aromatic heterocycles. The Labute approximate surface area is 461 Å². The number of rotatable bonds is 17. The fraction of sp³-hybridized carbons (Fsp3) is 0.793. The van der Waals surface area contributed by atoms with Crippen molar-refractivity contribution in [3.05, 3.63) is 45.2 Å². The number of pyridine rings is 1. The van der Waals surface area contributed by atoms with E-state index in [0.29, 0.717) is 50.0 Å². The van der Waals surface area contributed by atoms with Gasteiger partial charge in [0.25, 0.3) is 0 Å². The molecule has 20 heteroatoms. The summed E-state index contributed by atoms with van der Waals surface area (Å²) in [6.45, 7) is 23.1. The van der Waals surface area contributed by atoms with Crippen LogP contribution in [0.15, 0.2) is 23.1 Å². The van der Waals surface area contributed by atoms with Crippen LogP contribution in [0.2, 0.25) is 0 Å². The quantitative estimate of drug-likeness (QED) is 0.148. The minimum absolute atomic E-state index is 0.0850. The van der Waals surface area contributed by atoms with E-state index in [1.165, 1.54) is 20.2 Å². The van der Waals surface area contributed by atoms with Crippen molar-refractivity contribution >= 4 is 28.6 Å².